The minimum atomic E-state index is -4.37. The second-order valence-electron chi connectivity index (χ2n) is 16.1. The summed E-state index contributed by atoms with van der Waals surface area (Å²) in [7, 11) is 1.47. The van der Waals surface area contributed by atoms with Gasteiger partial charge in [0.05, 0.1) is 27.7 Å². The fourth-order valence-corrected chi connectivity index (χ4v) is 6.69. The molecule has 0 saturated heterocycles. The number of carbonyl (C=O) groups is 2. The monoisotopic (exact) mass is 811 g/mol. The Bertz CT molecular complexity index is 987. The van der Waals surface area contributed by atoms with Gasteiger partial charge in [0, 0.05) is 12.8 Å². The normalized spacial score (nSPS) is 13.6. The molecule has 0 aliphatic heterocycles. The van der Waals surface area contributed by atoms with Gasteiger partial charge >= 0.3 is 49.3 Å². The second-order valence-corrected chi connectivity index (χ2v) is 17.5. The van der Waals surface area contributed by atoms with Gasteiger partial charge in [0.1, 0.15) is 19.8 Å². The van der Waals surface area contributed by atoms with E-state index >= 15 is 0 Å². The molecule has 0 fully saturated rings. The summed E-state index contributed by atoms with van der Waals surface area (Å²) in [5.41, 5.74) is 0. The van der Waals surface area contributed by atoms with E-state index in [9.17, 15) is 19.0 Å². The molecule has 0 radical (unpaired) electrons. The molecule has 55 heavy (non-hydrogen) atoms. The van der Waals surface area contributed by atoms with Crippen LogP contribution in [0.1, 0.15) is 194 Å². The third-order valence-corrected chi connectivity index (χ3v) is 10.4. The number of hydrogen-bond donors (Lipinski definition) is 1. The number of quaternary nitrogens is 1. The van der Waals surface area contributed by atoms with Gasteiger partial charge in [-0.05, 0) is 64.2 Å². The molecule has 2 atom stereocenters. The van der Waals surface area contributed by atoms with Crippen LogP contribution in [0.25, 0.3) is 0 Å². The second kappa shape index (κ2) is 40.3. The molecule has 0 aromatic carbocycles. The summed E-state index contributed by atoms with van der Waals surface area (Å²) in [6, 6.07) is 0. The van der Waals surface area contributed by atoms with Gasteiger partial charge < -0.3 is 18.9 Å². The first-order valence-corrected chi connectivity index (χ1v) is 23.6. The van der Waals surface area contributed by atoms with Crippen molar-refractivity contribution in [1.29, 1.82) is 0 Å². The molecule has 11 heteroatoms. The number of ether oxygens (including phenoxy) is 2. The Morgan fingerprint density at radius 3 is 1.36 bits per heavy atom. The van der Waals surface area contributed by atoms with Crippen molar-refractivity contribution in [1.82, 2.24) is 0 Å². The molecule has 0 saturated carbocycles. The van der Waals surface area contributed by atoms with Crippen LogP contribution in [-0.2, 0) is 32.7 Å². The summed E-state index contributed by atoms with van der Waals surface area (Å²) >= 11 is 0. The van der Waals surface area contributed by atoms with Gasteiger partial charge in [-0.25, -0.2) is 4.57 Å². The molecule has 320 valence electrons. The van der Waals surface area contributed by atoms with E-state index in [1.165, 1.54) is 89.9 Å². The fraction of sp³-hybridized carbons (Fsp3) is 0.864. The number of esters is 2. The molecule has 1 unspecified atom stereocenters. The molecule has 0 spiro atoms. The summed E-state index contributed by atoms with van der Waals surface area (Å²) in [5.74, 6) is -0.814. The van der Waals surface area contributed by atoms with E-state index in [0.717, 1.165) is 70.6 Å². The van der Waals surface area contributed by atoms with Gasteiger partial charge in [0.15, 0.2) is 6.10 Å². The quantitative estimate of drug-likeness (QED) is 0.0163. The Hall–Kier alpha value is -0.510. The average molecular weight is 811 g/mol. The molecule has 0 rings (SSSR count). The molecular formula is C44H86NNaO8P+. The van der Waals surface area contributed by atoms with Crippen LogP contribution in [0.4, 0.5) is 0 Å². The molecular weight excluding hydrogens is 724 g/mol. The standard InChI is InChI=1S/C44H84NO8P.Na.H/c1-6-8-10-12-14-16-18-20-22-24-26-28-30-32-34-36-43(46)50-40-42(41-52-54(48,49)51-39-38-45(3,4)5)53-44(47)37-35-33-31-29-27-25-23-21-19-17-15-13-11-9-7-2;;/h20-23,42H,6-19,24-41H2,1-5H3;;/p+1/b22-20-,23-21-;;/t42-;;/m1../s1. The third kappa shape index (κ3) is 44.4. The first kappa shape index (κ1) is 56.6. The summed E-state index contributed by atoms with van der Waals surface area (Å²) in [6.07, 6.45) is 39.3. The fourth-order valence-electron chi connectivity index (χ4n) is 5.94. The minimum absolute atomic E-state index is 0. The Morgan fingerprint density at radius 2 is 0.945 bits per heavy atom. The van der Waals surface area contributed by atoms with Gasteiger partial charge in [0.2, 0.25) is 0 Å². The third-order valence-electron chi connectivity index (χ3n) is 9.45. The zero-order valence-corrected chi connectivity index (χ0v) is 36.6. The van der Waals surface area contributed by atoms with Crippen LogP contribution < -0.4 is 0 Å². The van der Waals surface area contributed by atoms with Crippen LogP contribution in [0.2, 0.25) is 0 Å². The summed E-state index contributed by atoms with van der Waals surface area (Å²) in [4.78, 5) is 35.3. The van der Waals surface area contributed by atoms with Crippen molar-refractivity contribution in [3.63, 3.8) is 0 Å². The molecule has 0 bridgehead atoms. The van der Waals surface area contributed by atoms with E-state index in [4.69, 9.17) is 18.5 Å². The summed E-state index contributed by atoms with van der Waals surface area (Å²) in [6.45, 7) is 4.40. The van der Waals surface area contributed by atoms with Gasteiger partial charge in [-0.3, -0.25) is 18.6 Å². The Morgan fingerprint density at radius 1 is 0.564 bits per heavy atom. The molecule has 0 aliphatic carbocycles. The van der Waals surface area contributed by atoms with Crippen molar-refractivity contribution >= 4 is 49.3 Å². The van der Waals surface area contributed by atoms with Crippen LogP contribution in [-0.4, -0.2) is 104 Å². The Balaban J connectivity index is 0. The zero-order chi connectivity index (χ0) is 40.0. The number of unbranched alkanes of at least 4 members (excludes halogenated alkanes) is 22. The summed E-state index contributed by atoms with van der Waals surface area (Å²) in [5, 5.41) is 0. The van der Waals surface area contributed by atoms with Crippen LogP contribution in [0, 0.1) is 0 Å². The first-order chi connectivity index (χ1) is 26.0. The van der Waals surface area contributed by atoms with Gasteiger partial charge in [-0.1, -0.05) is 141 Å². The Kier molecular flexibility index (Phi) is 41.4. The van der Waals surface area contributed by atoms with Crippen LogP contribution in [0.5, 0.6) is 0 Å². The number of rotatable bonds is 40. The SMILES string of the molecule is CCCCCCCC/C=C\CCCCCCCC(=O)OC[C@H](COP(=O)(O)OCC[N+](C)(C)C)OC(=O)CCCCCCC/C=C\CCCCCCCC.[NaH]. The predicted molar refractivity (Wildman–Crippen MR) is 232 cm³/mol. The maximum atomic E-state index is 12.7. The maximum absolute atomic E-state index is 12.7. The van der Waals surface area contributed by atoms with Crippen molar-refractivity contribution < 1.29 is 42.1 Å². The number of allylic oxidation sites excluding steroid dienone is 4. The number of phosphoric ester groups is 1. The van der Waals surface area contributed by atoms with Gasteiger partial charge in [0.25, 0.3) is 0 Å². The topological polar surface area (TPSA) is 108 Å². The zero-order valence-electron chi connectivity index (χ0n) is 35.7. The molecule has 0 aromatic rings. The average Bonchev–Trinajstić information content (AvgIpc) is 3.12. The van der Waals surface area contributed by atoms with E-state index in [1.807, 2.05) is 21.1 Å². The molecule has 0 heterocycles. The molecule has 0 amide bonds. The van der Waals surface area contributed by atoms with Crippen molar-refractivity contribution in [2.24, 2.45) is 0 Å². The van der Waals surface area contributed by atoms with E-state index in [0.29, 0.717) is 17.4 Å². The van der Waals surface area contributed by atoms with E-state index in [-0.39, 0.29) is 61.6 Å². The number of nitrogens with zero attached hydrogens (tertiary/aromatic N) is 1. The number of phosphoric acid groups is 1. The molecule has 9 nitrogen and oxygen atoms in total. The number of hydrogen-bond acceptors (Lipinski definition) is 7. The van der Waals surface area contributed by atoms with E-state index in [2.05, 4.69) is 38.2 Å². The number of carbonyl (C=O) groups excluding carboxylic acids is 2. The van der Waals surface area contributed by atoms with Crippen LogP contribution in [0.15, 0.2) is 24.3 Å². The molecule has 1 N–H and O–H groups in total. The van der Waals surface area contributed by atoms with E-state index < -0.39 is 26.5 Å². The van der Waals surface area contributed by atoms with Crippen molar-refractivity contribution in [3.8, 4) is 0 Å². The Labute approximate surface area is 361 Å². The summed E-state index contributed by atoms with van der Waals surface area (Å²) < 4.78 is 34.3. The predicted octanol–water partition coefficient (Wildman–Crippen LogP) is 11.7. The van der Waals surface area contributed by atoms with Crippen LogP contribution in [0.3, 0.4) is 0 Å². The van der Waals surface area contributed by atoms with Crippen molar-refractivity contribution in [2.45, 2.75) is 200 Å². The van der Waals surface area contributed by atoms with Gasteiger partial charge in [-0.2, -0.15) is 0 Å². The molecule has 0 aliphatic rings. The number of likely N-dealkylation sites (N-methyl/N-ethyl adjacent to an activating group) is 1. The van der Waals surface area contributed by atoms with Crippen LogP contribution >= 0.6 is 7.82 Å². The van der Waals surface area contributed by atoms with Gasteiger partial charge in [-0.15, -0.1) is 0 Å². The van der Waals surface area contributed by atoms with Crippen molar-refractivity contribution in [3.05, 3.63) is 24.3 Å². The van der Waals surface area contributed by atoms with E-state index in [1.54, 1.807) is 0 Å². The molecule has 0 aromatic heterocycles. The first-order valence-electron chi connectivity index (χ1n) is 22.1. The van der Waals surface area contributed by atoms with Crippen molar-refractivity contribution in [2.75, 3.05) is 47.5 Å².